The van der Waals surface area contributed by atoms with Gasteiger partial charge in [0.2, 0.25) is 0 Å². The van der Waals surface area contributed by atoms with Crippen molar-refractivity contribution in [3.63, 3.8) is 0 Å². The van der Waals surface area contributed by atoms with Gasteiger partial charge in [-0.15, -0.1) is 0 Å². The maximum atomic E-state index is 11.1. The largest absolute Gasteiger partial charge is 0.461 e. The van der Waals surface area contributed by atoms with Crippen LogP contribution < -0.4 is 0 Å². The van der Waals surface area contributed by atoms with Crippen molar-refractivity contribution in [3.05, 3.63) is 0 Å². The second-order valence-corrected chi connectivity index (χ2v) is 3.66. The van der Waals surface area contributed by atoms with Crippen LogP contribution >= 0.6 is 0 Å². The lowest BCUT2D eigenvalue weighted by atomic mass is 10.2. The fourth-order valence-corrected chi connectivity index (χ4v) is 0.886. The summed E-state index contributed by atoms with van der Waals surface area (Å²) in [6, 6.07) is 0. The van der Waals surface area contributed by atoms with Crippen LogP contribution in [0.25, 0.3) is 0 Å². The Morgan fingerprint density at radius 1 is 1.33 bits per heavy atom. The Kier molecular flexibility index (Phi) is 4.90. The van der Waals surface area contributed by atoms with Gasteiger partial charge in [-0.2, -0.15) is 0 Å². The van der Waals surface area contributed by atoms with Crippen molar-refractivity contribution in [1.29, 1.82) is 0 Å². The first kappa shape index (κ1) is 11.4. The molecule has 0 rings (SSSR count). The Bertz CT molecular complexity index is 143. The predicted molar refractivity (Wildman–Crippen MR) is 48.9 cm³/mol. The summed E-state index contributed by atoms with van der Waals surface area (Å²) >= 11 is 0. The zero-order chi connectivity index (χ0) is 9.72. The lowest BCUT2D eigenvalue weighted by Gasteiger charge is -2.18. The maximum Gasteiger partial charge on any atom is 0.308 e. The van der Waals surface area contributed by atoms with Gasteiger partial charge in [0.15, 0.2) is 0 Å². The minimum atomic E-state index is -0.121. The van der Waals surface area contributed by atoms with Crippen LogP contribution in [-0.4, -0.2) is 37.6 Å². The Hall–Kier alpha value is -0.570. The molecule has 0 aliphatic carbocycles. The molecule has 1 atom stereocenters. The third-order valence-electron chi connectivity index (χ3n) is 1.41. The number of rotatable bonds is 4. The predicted octanol–water partition coefficient (Wildman–Crippen LogP) is 1.14. The zero-order valence-electron chi connectivity index (χ0n) is 8.63. The molecule has 3 heteroatoms. The van der Waals surface area contributed by atoms with Crippen LogP contribution in [0.15, 0.2) is 0 Å². The Morgan fingerprint density at radius 3 is 2.17 bits per heavy atom. The van der Waals surface area contributed by atoms with Crippen LogP contribution in [0.4, 0.5) is 0 Å². The van der Waals surface area contributed by atoms with E-state index < -0.39 is 0 Å². The average Bonchev–Trinajstić information content (AvgIpc) is 1.84. The van der Waals surface area contributed by atoms with Gasteiger partial charge in [0, 0.05) is 6.54 Å². The van der Waals surface area contributed by atoms with Gasteiger partial charge in [0.1, 0.15) is 6.10 Å². The van der Waals surface area contributed by atoms with E-state index in [0.29, 0.717) is 0 Å². The lowest BCUT2D eigenvalue weighted by molar-refractivity contribution is -0.152. The summed E-state index contributed by atoms with van der Waals surface area (Å²) in [5, 5.41) is 0. The number of hydrogen-bond donors (Lipinski definition) is 0. The average molecular weight is 173 g/mol. The highest BCUT2D eigenvalue weighted by Gasteiger charge is 2.12. The van der Waals surface area contributed by atoms with Crippen molar-refractivity contribution < 1.29 is 9.53 Å². The number of likely N-dealkylation sites (N-methyl/N-ethyl adjacent to an activating group) is 1. The second kappa shape index (κ2) is 5.14. The first-order valence-electron chi connectivity index (χ1n) is 4.28. The molecular formula is C9H19NO2. The van der Waals surface area contributed by atoms with Crippen LogP contribution in [0.3, 0.4) is 0 Å². The highest BCUT2D eigenvalue weighted by Crippen LogP contribution is 2.00. The van der Waals surface area contributed by atoms with Crippen LogP contribution in [-0.2, 0) is 9.53 Å². The van der Waals surface area contributed by atoms with Crippen molar-refractivity contribution in [1.82, 2.24) is 4.90 Å². The molecule has 1 unspecified atom stereocenters. The van der Waals surface area contributed by atoms with Gasteiger partial charge in [-0.1, -0.05) is 13.8 Å². The van der Waals surface area contributed by atoms with E-state index in [9.17, 15) is 4.79 Å². The summed E-state index contributed by atoms with van der Waals surface area (Å²) in [4.78, 5) is 13.1. The van der Waals surface area contributed by atoms with Gasteiger partial charge in [-0.05, 0) is 21.0 Å². The number of ether oxygens (including phenoxy) is 1. The number of esters is 1. The van der Waals surface area contributed by atoms with Gasteiger partial charge in [0.05, 0.1) is 5.92 Å². The molecular weight excluding hydrogens is 154 g/mol. The maximum absolute atomic E-state index is 11.1. The van der Waals surface area contributed by atoms with Crippen molar-refractivity contribution in [2.24, 2.45) is 5.92 Å². The molecule has 0 aliphatic rings. The van der Waals surface area contributed by atoms with Crippen LogP contribution in [0.5, 0.6) is 0 Å². The highest BCUT2D eigenvalue weighted by atomic mass is 16.5. The highest BCUT2D eigenvalue weighted by molar-refractivity contribution is 5.71. The van der Waals surface area contributed by atoms with E-state index in [4.69, 9.17) is 4.74 Å². The van der Waals surface area contributed by atoms with Crippen LogP contribution in [0.1, 0.15) is 20.8 Å². The van der Waals surface area contributed by atoms with E-state index in [1.807, 2.05) is 39.8 Å². The fourth-order valence-electron chi connectivity index (χ4n) is 0.886. The molecule has 3 nitrogen and oxygen atoms in total. The number of nitrogens with zero attached hydrogens (tertiary/aromatic N) is 1. The summed E-state index contributed by atoms with van der Waals surface area (Å²) in [7, 11) is 3.92. The molecule has 0 aromatic rings. The van der Waals surface area contributed by atoms with Gasteiger partial charge < -0.3 is 9.64 Å². The van der Waals surface area contributed by atoms with Crippen LogP contribution in [0, 0.1) is 5.92 Å². The van der Waals surface area contributed by atoms with Crippen molar-refractivity contribution in [2.45, 2.75) is 26.9 Å². The van der Waals surface area contributed by atoms with Gasteiger partial charge in [0.25, 0.3) is 0 Å². The molecule has 0 bridgehead atoms. The first-order valence-corrected chi connectivity index (χ1v) is 4.28. The fraction of sp³-hybridized carbons (Fsp3) is 0.889. The molecule has 12 heavy (non-hydrogen) atoms. The Balaban J connectivity index is 3.69. The lowest BCUT2D eigenvalue weighted by Crippen LogP contribution is -2.29. The SMILES string of the molecule is CC(CN(C)C)OC(=O)C(C)C. The number of carbonyl (C=O) groups excluding carboxylic acids is 1. The third-order valence-corrected chi connectivity index (χ3v) is 1.41. The molecule has 0 radical (unpaired) electrons. The Labute approximate surface area is 74.7 Å². The number of hydrogen-bond acceptors (Lipinski definition) is 3. The molecule has 0 saturated heterocycles. The van der Waals surface area contributed by atoms with E-state index in [2.05, 4.69) is 0 Å². The molecule has 0 heterocycles. The normalized spacial score (nSPS) is 13.6. The summed E-state index contributed by atoms with van der Waals surface area (Å²) in [5.41, 5.74) is 0. The van der Waals surface area contributed by atoms with E-state index in [1.54, 1.807) is 0 Å². The van der Waals surface area contributed by atoms with Gasteiger partial charge in [-0.3, -0.25) is 4.79 Å². The van der Waals surface area contributed by atoms with E-state index in [0.717, 1.165) is 6.54 Å². The first-order chi connectivity index (χ1) is 5.43. The summed E-state index contributed by atoms with van der Waals surface area (Å²) in [5.74, 6) is -0.154. The van der Waals surface area contributed by atoms with Gasteiger partial charge >= 0.3 is 5.97 Å². The molecule has 0 aliphatic heterocycles. The minimum absolute atomic E-state index is 0.0186. The van der Waals surface area contributed by atoms with E-state index >= 15 is 0 Å². The third kappa shape index (κ3) is 5.13. The number of carbonyl (C=O) groups is 1. The summed E-state index contributed by atoms with van der Waals surface area (Å²) in [6.45, 7) is 6.36. The summed E-state index contributed by atoms with van der Waals surface area (Å²) in [6.07, 6.45) is -0.0186. The molecule has 0 saturated carbocycles. The molecule has 0 aromatic heterocycles. The van der Waals surface area contributed by atoms with E-state index in [1.165, 1.54) is 0 Å². The molecule has 0 aromatic carbocycles. The standard InChI is InChI=1S/C9H19NO2/c1-7(2)9(11)12-8(3)6-10(4)5/h7-8H,6H2,1-5H3. The zero-order valence-corrected chi connectivity index (χ0v) is 8.63. The van der Waals surface area contributed by atoms with E-state index in [-0.39, 0.29) is 18.0 Å². The van der Waals surface area contributed by atoms with Crippen molar-refractivity contribution >= 4 is 5.97 Å². The van der Waals surface area contributed by atoms with Crippen molar-refractivity contribution in [2.75, 3.05) is 20.6 Å². The smallest absolute Gasteiger partial charge is 0.308 e. The Morgan fingerprint density at radius 2 is 1.83 bits per heavy atom. The summed E-state index contributed by atoms with van der Waals surface area (Å²) < 4.78 is 5.14. The molecule has 0 fully saturated rings. The minimum Gasteiger partial charge on any atom is -0.461 e. The van der Waals surface area contributed by atoms with Crippen LogP contribution in [0.2, 0.25) is 0 Å². The molecule has 0 N–H and O–H groups in total. The second-order valence-electron chi connectivity index (χ2n) is 3.66. The molecule has 0 spiro atoms. The topological polar surface area (TPSA) is 29.5 Å². The van der Waals surface area contributed by atoms with Gasteiger partial charge in [-0.25, -0.2) is 0 Å². The quantitative estimate of drug-likeness (QED) is 0.597. The monoisotopic (exact) mass is 173 g/mol. The molecule has 0 amide bonds. The van der Waals surface area contributed by atoms with Crippen molar-refractivity contribution in [3.8, 4) is 0 Å². The molecule has 72 valence electrons.